The van der Waals surface area contributed by atoms with E-state index in [1.54, 1.807) is 43.5 Å². The Balaban J connectivity index is 1.51. The van der Waals surface area contributed by atoms with Crippen LogP contribution in [0, 0.1) is 0 Å². The van der Waals surface area contributed by atoms with Gasteiger partial charge in [-0.25, -0.2) is 5.01 Å². The summed E-state index contributed by atoms with van der Waals surface area (Å²) < 4.78 is 16.6. The fraction of sp³-hybridized carbons (Fsp3) is 0.200. The van der Waals surface area contributed by atoms with Crippen molar-refractivity contribution in [2.75, 3.05) is 14.2 Å². The number of hydrazone groups is 1. The fourth-order valence-electron chi connectivity index (χ4n) is 4.06. The highest BCUT2D eigenvalue weighted by molar-refractivity contribution is 6.03. The molecule has 0 aromatic heterocycles. The lowest BCUT2D eigenvalue weighted by atomic mass is 9.96. The zero-order valence-electron chi connectivity index (χ0n) is 17.3. The smallest absolute Gasteiger partial charge is 0.251 e. The van der Waals surface area contributed by atoms with E-state index in [-0.39, 0.29) is 11.8 Å². The van der Waals surface area contributed by atoms with Gasteiger partial charge in [-0.2, -0.15) is 5.10 Å². The molecule has 0 unspecified atom stereocenters. The van der Waals surface area contributed by atoms with E-state index < -0.39 is 6.23 Å². The number of benzene rings is 3. The molecule has 0 fully saturated rings. The highest BCUT2D eigenvalue weighted by atomic mass is 16.5. The summed E-state index contributed by atoms with van der Waals surface area (Å²) in [5.74, 6) is 2.08. The summed E-state index contributed by atoms with van der Waals surface area (Å²) in [6.07, 6.45) is -0.136. The van der Waals surface area contributed by atoms with Crippen LogP contribution < -0.4 is 14.2 Å². The van der Waals surface area contributed by atoms with Gasteiger partial charge in [-0.05, 0) is 60.2 Å². The minimum atomic E-state index is -0.830. The average molecular weight is 414 g/mol. The molecule has 2 aliphatic heterocycles. The Morgan fingerprint density at radius 2 is 1.58 bits per heavy atom. The van der Waals surface area contributed by atoms with Crippen molar-refractivity contribution in [1.29, 1.82) is 0 Å². The Kier molecular flexibility index (Phi) is 4.82. The summed E-state index contributed by atoms with van der Waals surface area (Å²) >= 11 is 0. The first-order valence-electron chi connectivity index (χ1n) is 10.1. The van der Waals surface area contributed by atoms with Crippen molar-refractivity contribution in [3.8, 4) is 17.2 Å². The molecule has 0 N–H and O–H groups in total. The van der Waals surface area contributed by atoms with E-state index in [2.05, 4.69) is 0 Å². The minimum absolute atomic E-state index is 0.0609. The third kappa shape index (κ3) is 3.40. The van der Waals surface area contributed by atoms with Crippen molar-refractivity contribution >= 4 is 11.5 Å². The van der Waals surface area contributed by atoms with E-state index in [0.29, 0.717) is 17.7 Å². The number of ether oxygens (including phenoxy) is 3. The molecule has 2 heterocycles. The lowest BCUT2D eigenvalue weighted by Gasteiger charge is -2.37. The lowest BCUT2D eigenvalue weighted by Crippen LogP contribution is -2.45. The van der Waals surface area contributed by atoms with Gasteiger partial charge in [0.1, 0.15) is 17.2 Å². The van der Waals surface area contributed by atoms with Crippen LogP contribution in [0.25, 0.3) is 0 Å². The van der Waals surface area contributed by atoms with Gasteiger partial charge in [-0.15, -0.1) is 0 Å². The van der Waals surface area contributed by atoms with Crippen LogP contribution in [-0.4, -0.2) is 37.0 Å². The maximum Gasteiger partial charge on any atom is 0.251 e. The number of Topliss-reactive ketones (excluding diaryl/α,β-unsaturated/α-hetero) is 1. The maximum atomic E-state index is 13.4. The average Bonchev–Trinajstić information content (AvgIpc) is 3.29. The normalized spacial score (nSPS) is 19.0. The second-order valence-electron chi connectivity index (χ2n) is 7.48. The predicted octanol–water partition coefficient (Wildman–Crippen LogP) is 4.46. The van der Waals surface area contributed by atoms with Gasteiger partial charge in [0.2, 0.25) is 5.78 Å². The van der Waals surface area contributed by atoms with Crippen molar-refractivity contribution in [2.24, 2.45) is 5.10 Å². The first-order valence-corrected chi connectivity index (χ1v) is 10.1. The van der Waals surface area contributed by atoms with Crippen molar-refractivity contribution < 1.29 is 19.0 Å². The molecule has 3 aromatic carbocycles. The summed E-state index contributed by atoms with van der Waals surface area (Å²) in [7, 11) is 3.24. The number of methoxy groups -OCH3 is 2. The summed E-state index contributed by atoms with van der Waals surface area (Å²) in [6, 6.07) is 22.7. The Labute approximate surface area is 180 Å². The van der Waals surface area contributed by atoms with Gasteiger partial charge in [0, 0.05) is 17.5 Å². The second-order valence-corrected chi connectivity index (χ2v) is 7.48. The van der Waals surface area contributed by atoms with Crippen LogP contribution in [-0.2, 0) is 0 Å². The van der Waals surface area contributed by atoms with Gasteiger partial charge >= 0.3 is 0 Å². The maximum absolute atomic E-state index is 13.4. The van der Waals surface area contributed by atoms with Gasteiger partial charge < -0.3 is 14.2 Å². The van der Waals surface area contributed by atoms with Gasteiger partial charge in [-0.1, -0.05) is 18.2 Å². The number of fused-ring (bicyclic) bond motifs is 3. The van der Waals surface area contributed by atoms with Gasteiger partial charge in [-0.3, -0.25) is 4.79 Å². The van der Waals surface area contributed by atoms with Crippen LogP contribution in [0.3, 0.4) is 0 Å². The third-order valence-corrected chi connectivity index (χ3v) is 5.72. The molecule has 156 valence electrons. The van der Waals surface area contributed by atoms with Gasteiger partial charge in [0.15, 0.2) is 0 Å². The molecule has 0 saturated carbocycles. The van der Waals surface area contributed by atoms with E-state index >= 15 is 0 Å². The summed E-state index contributed by atoms with van der Waals surface area (Å²) in [6.45, 7) is 0. The van der Waals surface area contributed by atoms with Crippen molar-refractivity contribution in [2.45, 2.75) is 18.7 Å². The first-order chi connectivity index (χ1) is 15.2. The van der Waals surface area contributed by atoms with E-state index in [9.17, 15) is 4.79 Å². The molecule has 0 bridgehead atoms. The second kappa shape index (κ2) is 7.80. The number of rotatable bonds is 5. The molecule has 0 radical (unpaired) electrons. The van der Waals surface area contributed by atoms with E-state index in [1.165, 1.54) is 0 Å². The zero-order chi connectivity index (χ0) is 21.4. The topological polar surface area (TPSA) is 60.4 Å². The molecule has 31 heavy (non-hydrogen) atoms. The molecule has 0 spiro atoms. The zero-order valence-corrected chi connectivity index (χ0v) is 17.3. The van der Waals surface area contributed by atoms with Crippen molar-refractivity contribution in [3.63, 3.8) is 0 Å². The summed E-state index contributed by atoms with van der Waals surface area (Å²) in [4.78, 5) is 13.4. The quantitative estimate of drug-likeness (QED) is 0.577. The van der Waals surface area contributed by atoms with E-state index in [4.69, 9.17) is 19.3 Å². The Hall–Kier alpha value is -3.80. The molecule has 0 saturated heterocycles. The number of hydrogen-bond acceptors (Lipinski definition) is 6. The molecular formula is C25H22N2O4. The van der Waals surface area contributed by atoms with Crippen LogP contribution in [0.4, 0.5) is 0 Å². The van der Waals surface area contributed by atoms with Gasteiger partial charge in [0.05, 0.1) is 26.0 Å². The number of para-hydroxylation sites is 1. The van der Waals surface area contributed by atoms with Crippen LogP contribution >= 0.6 is 0 Å². The number of carbonyl (C=O) groups is 1. The number of hydrogen-bond donors (Lipinski definition) is 0. The van der Waals surface area contributed by atoms with Crippen molar-refractivity contribution in [1.82, 2.24) is 5.01 Å². The predicted molar refractivity (Wildman–Crippen MR) is 117 cm³/mol. The highest BCUT2D eigenvalue weighted by Gasteiger charge is 2.43. The van der Waals surface area contributed by atoms with Crippen molar-refractivity contribution in [3.05, 3.63) is 89.5 Å². The summed E-state index contributed by atoms with van der Waals surface area (Å²) in [5.41, 5.74) is 3.51. The molecule has 0 amide bonds. The lowest BCUT2D eigenvalue weighted by molar-refractivity contribution is -0.00455. The Bertz CT molecular complexity index is 1140. The SMILES string of the molecule is COc1ccc(C(=O)[C@@H]2Oc3ccccc3[C@H]3CC(c4ccc(OC)cc4)=NN32)cc1. The number of carbonyl (C=O) groups excluding carboxylic acids is 1. The van der Waals surface area contributed by atoms with Gasteiger partial charge in [0.25, 0.3) is 6.23 Å². The summed E-state index contributed by atoms with van der Waals surface area (Å²) in [5, 5.41) is 6.64. The van der Waals surface area contributed by atoms with Crippen LogP contribution in [0.5, 0.6) is 17.2 Å². The Morgan fingerprint density at radius 1 is 0.935 bits per heavy atom. The third-order valence-electron chi connectivity index (χ3n) is 5.72. The van der Waals surface area contributed by atoms with Crippen LogP contribution in [0.2, 0.25) is 0 Å². The Morgan fingerprint density at radius 3 is 2.26 bits per heavy atom. The molecule has 2 aliphatic rings. The number of nitrogens with zero attached hydrogens (tertiary/aromatic N) is 2. The molecule has 6 nitrogen and oxygen atoms in total. The fourth-order valence-corrected chi connectivity index (χ4v) is 4.06. The highest BCUT2D eigenvalue weighted by Crippen LogP contribution is 2.43. The molecule has 5 rings (SSSR count). The van der Waals surface area contributed by atoms with Crippen LogP contribution in [0.15, 0.2) is 77.9 Å². The van der Waals surface area contributed by atoms with E-state index in [0.717, 1.165) is 28.3 Å². The molecule has 6 heteroatoms. The standard InChI is InChI=1S/C25H22N2O4/c1-29-18-11-7-16(8-12-18)21-15-22-20-5-3-4-6-23(20)31-25(27(22)26-21)24(28)17-9-13-19(30-2)14-10-17/h3-14,22,25H,15H2,1-2H3/t22-,25+/m1/s1. The first kappa shape index (κ1) is 19.2. The molecule has 3 aromatic rings. The van der Waals surface area contributed by atoms with Crippen LogP contribution in [0.1, 0.15) is 33.9 Å². The molecular weight excluding hydrogens is 392 g/mol. The largest absolute Gasteiger partial charge is 0.497 e. The number of ketones is 1. The van der Waals surface area contributed by atoms with E-state index in [1.807, 2.05) is 48.5 Å². The monoisotopic (exact) mass is 414 g/mol. The minimum Gasteiger partial charge on any atom is -0.497 e. The molecule has 0 aliphatic carbocycles. The molecule has 2 atom stereocenters.